The summed E-state index contributed by atoms with van der Waals surface area (Å²) in [6.07, 6.45) is -0.0583. The Morgan fingerprint density at radius 2 is 1.89 bits per heavy atom. The molecule has 2 unspecified atom stereocenters. The highest BCUT2D eigenvalue weighted by atomic mass is 19.1. The molecule has 0 aromatic heterocycles. The SMILES string of the molecule is CC(C)CN1CCOC(CNC(=O)C(NC(=O)c2ccc(F)cc2)C(C)C)C1. The van der Waals surface area contributed by atoms with E-state index in [0.717, 1.165) is 19.6 Å². The molecule has 0 saturated carbocycles. The first-order valence-electron chi connectivity index (χ1n) is 9.94. The summed E-state index contributed by atoms with van der Waals surface area (Å²) in [5, 5.41) is 5.66. The lowest BCUT2D eigenvalue weighted by Crippen LogP contribution is -2.53. The predicted octanol–water partition coefficient (Wildman–Crippen LogP) is 2.05. The van der Waals surface area contributed by atoms with E-state index in [-0.39, 0.29) is 17.9 Å². The smallest absolute Gasteiger partial charge is 0.251 e. The number of hydrogen-bond donors (Lipinski definition) is 2. The van der Waals surface area contributed by atoms with Crippen molar-refractivity contribution in [2.75, 3.05) is 32.8 Å². The first-order valence-corrected chi connectivity index (χ1v) is 9.94. The van der Waals surface area contributed by atoms with Gasteiger partial charge in [-0.05, 0) is 36.1 Å². The van der Waals surface area contributed by atoms with Crippen molar-refractivity contribution in [2.45, 2.75) is 39.8 Å². The van der Waals surface area contributed by atoms with Crippen molar-refractivity contribution in [2.24, 2.45) is 11.8 Å². The zero-order valence-electron chi connectivity index (χ0n) is 17.2. The van der Waals surface area contributed by atoms with Gasteiger partial charge in [-0.1, -0.05) is 27.7 Å². The lowest BCUT2D eigenvalue weighted by molar-refractivity contribution is -0.125. The lowest BCUT2D eigenvalue weighted by atomic mass is 10.0. The van der Waals surface area contributed by atoms with Crippen molar-refractivity contribution in [3.05, 3.63) is 35.6 Å². The molecule has 1 fully saturated rings. The van der Waals surface area contributed by atoms with Gasteiger partial charge in [-0.25, -0.2) is 4.39 Å². The number of rotatable bonds is 8. The maximum atomic E-state index is 13.0. The molecule has 156 valence electrons. The second kappa shape index (κ2) is 10.5. The number of hydrogen-bond acceptors (Lipinski definition) is 4. The molecule has 7 heteroatoms. The molecule has 0 bridgehead atoms. The van der Waals surface area contributed by atoms with Gasteiger partial charge in [0.2, 0.25) is 5.91 Å². The molecule has 0 spiro atoms. The Morgan fingerprint density at radius 3 is 2.50 bits per heavy atom. The molecule has 1 aliphatic heterocycles. The number of ether oxygens (including phenoxy) is 1. The summed E-state index contributed by atoms with van der Waals surface area (Å²) >= 11 is 0. The van der Waals surface area contributed by atoms with E-state index in [1.807, 2.05) is 13.8 Å². The van der Waals surface area contributed by atoms with Crippen LogP contribution in [0, 0.1) is 17.7 Å². The molecule has 1 aromatic rings. The molecule has 28 heavy (non-hydrogen) atoms. The number of nitrogens with zero attached hydrogens (tertiary/aromatic N) is 1. The summed E-state index contributed by atoms with van der Waals surface area (Å²) in [7, 11) is 0. The van der Waals surface area contributed by atoms with E-state index in [4.69, 9.17) is 4.74 Å². The number of carbonyl (C=O) groups is 2. The zero-order valence-corrected chi connectivity index (χ0v) is 17.2. The van der Waals surface area contributed by atoms with E-state index in [2.05, 4.69) is 29.4 Å². The standard InChI is InChI=1S/C21H32FN3O3/c1-14(2)12-25-9-10-28-18(13-25)11-23-21(27)19(15(3)4)24-20(26)16-5-7-17(22)8-6-16/h5-8,14-15,18-19H,9-13H2,1-4H3,(H,23,27)(H,24,26). The average Bonchev–Trinajstić information content (AvgIpc) is 2.64. The highest BCUT2D eigenvalue weighted by molar-refractivity contribution is 5.97. The van der Waals surface area contributed by atoms with Crippen molar-refractivity contribution >= 4 is 11.8 Å². The third-order valence-corrected chi connectivity index (χ3v) is 4.69. The Labute approximate surface area is 166 Å². The predicted molar refractivity (Wildman–Crippen MR) is 107 cm³/mol. The highest BCUT2D eigenvalue weighted by Crippen LogP contribution is 2.09. The van der Waals surface area contributed by atoms with E-state index in [9.17, 15) is 14.0 Å². The molecular formula is C21H32FN3O3. The molecule has 1 aliphatic rings. The fourth-order valence-electron chi connectivity index (χ4n) is 3.27. The van der Waals surface area contributed by atoms with Crippen LogP contribution in [-0.4, -0.2) is 61.6 Å². The van der Waals surface area contributed by atoms with Crippen LogP contribution in [0.5, 0.6) is 0 Å². The molecule has 1 saturated heterocycles. The monoisotopic (exact) mass is 393 g/mol. The van der Waals surface area contributed by atoms with E-state index in [1.165, 1.54) is 24.3 Å². The normalized spacial score (nSPS) is 18.9. The van der Waals surface area contributed by atoms with Gasteiger partial charge in [0.25, 0.3) is 5.91 Å². The van der Waals surface area contributed by atoms with Crippen LogP contribution in [0.4, 0.5) is 4.39 Å². The van der Waals surface area contributed by atoms with Crippen molar-refractivity contribution in [1.82, 2.24) is 15.5 Å². The van der Waals surface area contributed by atoms with Gasteiger partial charge in [-0.15, -0.1) is 0 Å². The largest absolute Gasteiger partial charge is 0.374 e. The van der Waals surface area contributed by atoms with Gasteiger partial charge in [-0.3, -0.25) is 14.5 Å². The topological polar surface area (TPSA) is 70.7 Å². The molecule has 2 atom stereocenters. The second-order valence-electron chi connectivity index (χ2n) is 8.09. The molecule has 2 rings (SSSR count). The Kier molecular flexibility index (Phi) is 8.38. The number of benzene rings is 1. The Hall–Kier alpha value is -1.99. The molecule has 2 amide bonds. The maximum Gasteiger partial charge on any atom is 0.251 e. The minimum atomic E-state index is -0.673. The van der Waals surface area contributed by atoms with Crippen LogP contribution in [0.2, 0.25) is 0 Å². The molecule has 2 N–H and O–H groups in total. The maximum absolute atomic E-state index is 13.0. The molecule has 0 aliphatic carbocycles. The molecule has 0 radical (unpaired) electrons. The van der Waals surface area contributed by atoms with Crippen LogP contribution in [0.25, 0.3) is 0 Å². The van der Waals surface area contributed by atoms with Crippen LogP contribution in [0.3, 0.4) is 0 Å². The molecule has 1 heterocycles. The average molecular weight is 394 g/mol. The number of carbonyl (C=O) groups excluding carboxylic acids is 2. The number of nitrogens with one attached hydrogen (secondary N) is 2. The van der Waals surface area contributed by atoms with Gasteiger partial charge in [0.05, 0.1) is 12.7 Å². The van der Waals surface area contributed by atoms with Crippen LogP contribution in [-0.2, 0) is 9.53 Å². The van der Waals surface area contributed by atoms with Gasteiger partial charge in [0.1, 0.15) is 11.9 Å². The van der Waals surface area contributed by atoms with Gasteiger partial charge in [0, 0.05) is 31.7 Å². The van der Waals surface area contributed by atoms with Crippen LogP contribution >= 0.6 is 0 Å². The van der Waals surface area contributed by atoms with Gasteiger partial charge >= 0.3 is 0 Å². The van der Waals surface area contributed by atoms with Crippen molar-refractivity contribution in [3.8, 4) is 0 Å². The summed E-state index contributed by atoms with van der Waals surface area (Å²) < 4.78 is 18.8. The first-order chi connectivity index (χ1) is 13.3. The van der Waals surface area contributed by atoms with Crippen molar-refractivity contribution in [3.63, 3.8) is 0 Å². The second-order valence-corrected chi connectivity index (χ2v) is 8.09. The van der Waals surface area contributed by atoms with Crippen LogP contribution in [0.1, 0.15) is 38.1 Å². The third-order valence-electron chi connectivity index (χ3n) is 4.69. The van der Waals surface area contributed by atoms with E-state index < -0.39 is 17.8 Å². The minimum absolute atomic E-state index is 0.0583. The fourth-order valence-corrected chi connectivity index (χ4v) is 3.27. The quantitative estimate of drug-likeness (QED) is 0.709. The summed E-state index contributed by atoms with van der Waals surface area (Å²) in [4.78, 5) is 27.4. The molecule has 6 nitrogen and oxygen atoms in total. The Balaban J connectivity index is 1.88. The van der Waals surface area contributed by atoms with Crippen LogP contribution < -0.4 is 10.6 Å². The Bertz CT molecular complexity index is 649. The van der Waals surface area contributed by atoms with Gasteiger partial charge in [0.15, 0.2) is 0 Å². The first kappa shape index (κ1) is 22.3. The summed E-state index contributed by atoms with van der Waals surface area (Å²) in [6.45, 7) is 11.9. The van der Waals surface area contributed by atoms with E-state index in [1.54, 1.807) is 0 Å². The third kappa shape index (κ3) is 6.87. The number of halogens is 1. The van der Waals surface area contributed by atoms with Gasteiger partial charge in [-0.2, -0.15) is 0 Å². The summed E-state index contributed by atoms with van der Waals surface area (Å²) in [5.41, 5.74) is 0.319. The van der Waals surface area contributed by atoms with Crippen molar-refractivity contribution < 1.29 is 18.7 Å². The highest BCUT2D eigenvalue weighted by Gasteiger charge is 2.27. The number of amides is 2. The molecular weight excluding hydrogens is 361 g/mol. The minimum Gasteiger partial charge on any atom is -0.374 e. The van der Waals surface area contributed by atoms with E-state index in [0.29, 0.717) is 24.6 Å². The fraction of sp³-hybridized carbons (Fsp3) is 0.619. The lowest BCUT2D eigenvalue weighted by Gasteiger charge is -2.34. The zero-order chi connectivity index (χ0) is 20.7. The van der Waals surface area contributed by atoms with Crippen LogP contribution in [0.15, 0.2) is 24.3 Å². The van der Waals surface area contributed by atoms with Gasteiger partial charge < -0.3 is 15.4 Å². The van der Waals surface area contributed by atoms with Crippen molar-refractivity contribution in [1.29, 1.82) is 0 Å². The van der Waals surface area contributed by atoms with E-state index >= 15 is 0 Å². The summed E-state index contributed by atoms with van der Waals surface area (Å²) in [6, 6.07) is 4.58. The number of morpholine rings is 1. The summed E-state index contributed by atoms with van der Waals surface area (Å²) in [5.74, 6) is -0.552. The Morgan fingerprint density at radius 1 is 1.21 bits per heavy atom. The molecule has 1 aromatic carbocycles.